The van der Waals surface area contributed by atoms with E-state index in [1.54, 1.807) is 0 Å². The van der Waals surface area contributed by atoms with E-state index in [-0.39, 0.29) is 18.3 Å². The molecule has 1 saturated heterocycles. The van der Waals surface area contributed by atoms with Gasteiger partial charge in [0.1, 0.15) is 0 Å². The average molecular weight is 338 g/mol. The zero-order valence-corrected chi connectivity index (χ0v) is 14.7. The predicted molar refractivity (Wildman–Crippen MR) is 95.7 cm³/mol. The van der Waals surface area contributed by atoms with Crippen LogP contribution in [0, 0.1) is 5.92 Å². The summed E-state index contributed by atoms with van der Waals surface area (Å²) in [6.45, 7) is 4.54. The lowest BCUT2D eigenvalue weighted by Crippen LogP contribution is -2.43. The SMILES string of the molecule is CN(C(=O)CNCC1CC1)C1CCN(Cc2ccccc2)C1.Cl. The van der Waals surface area contributed by atoms with Crippen LogP contribution < -0.4 is 5.32 Å². The highest BCUT2D eigenvalue weighted by Gasteiger charge is 2.28. The standard InChI is InChI=1S/C18H27N3O.ClH/c1-20(18(22)12-19-11-15-7-8-15)17-9-10-21(14-17)13-16-5-3-2-4-6-16;/h2-6,15,17,19H,7-14H2,1H3;1H. The molecular weight excluding hydrogens is 310 g/mol. The third kappa shape index (κ3) is 5.48. The number of carbonyl (C=O) groups is 1. The van der Waals surface area contributed by atoms with Crippen molar-refractivity contribution < 1.29 is 4.79 Å². The Morgan fingerprint density at radius 2 is 2.00 bits per heavy atom. The van der Waals surface area contributed by atoms with Crippen molar-refractivity contribution >= 4 is 18.3 Å². The molecule has 0 spiro atoms. The van der Waals surface area contributed by atoms with Crippen LogP contribution in [0.5, 0.6) is 0 Å². The number of nitrogens with one attached hydrogen (secondary N) is 1. The first-order valence-electron chi connectivity index (χ1n) is 8.45. The van der Waals surface area contributed by atoms with Gasteiger partial charge in [0.15, 0.2) is 0 Å². The van der Waals surface area contributed by atoms with Crippen molar-refractivity contribution in [1.29, 1.82) is 0 Å². The Bertz CT molecular complexity index is 492. The van der Waals surface area contributed by atoms with Crippen LogP contribution in [0.15, 0.2) is 30.3 Å². The van der Waals surface area contributed by atoms with E-state index < -0.39 is 0 Å². The van der Waals surface area contributed by atoms with Crippen molar-refractivity contribution in [3.05, 3.63) is 35.9 Å². The van der Waals surface area contributed by atoms with Gasteiger partial charge in [-0.2, -0.15) is 0 Å². The van der Waals surface area contributed by atoms with Gasteiger partial charge in [-0.1, -0.05) is 30.3 Å². The smallest absolute Gasteiger partial charge is 0.236 e. The fourth-order valence-electron chi connectivity index (χ4n) is 3.15. The summed E-state index contributed by atoms with van der Waals surface area (Å²) in [4.78, 5) is 16.6. The molecule has 5 heteroatoms. The van der Waals surface area contributed by atoms with E-state index in [2.05, 4.69) is 40.5 Å². The predicted octanol–water partition coefficient (Wildman–Crippen LogP) is 2.14. The Kier molecular flexibility index (Phi) is 6.88. The lowest BCUT2D eigenvalue weighted by molar-refractivity contribution is -0.130. The molecule has 1 aromatic carbocycles. The van der Waals surface area contributed by atoms with E-state index in [1.807, 2.05) is 11.9 Å². The molecule has 128 valence electrons. The van der Waals surface area contributed by atoms with Crippen molar-refractivity contribution in [1.82, 2.24) is 15.1 Å². The first-order chi connectivity index (χ1) is 10.7. The van der Waals surface area contributed by atoms with Crippen LogP contribution >= 0.6 is 12.4 Å². The molecule has 1 aromatic rings. The summed E-state index contributed by atoms with van der Waals surface area (Å²) in [5.41, 5.74) is 1.35. The molecule has 1 heterocycles. The van der Waals surface area contributed by atoms with Gasteiger partial charge in [0.2, 0.25) is 5.91 Å². The topological polar surface area (TPSA) is 35.6 Å². The first kappa shape index (κ1) is 18.2. The molecule has 2 fully saturated rings. The van der Waals surface area contributed by atoms with Gasteiger partial charge in [0.05, 0.1) is 6.54 Å². The molecule has 0 bridgehead atoms. The van der Waals surface area contributed by atoms with Gasteiger partial charge >= 0.3 is 0 Å². The summed E-state index contributed by atoms with van der Waals surface area (Å²) in [7, 11) is 1.96. The van der Waals surface area contributed by atoms with E-state index in [0.717, 1.165) is 38.5 Å². The molecule has 1 atom stereocenters. The van der Waals surface area contributed by atoms with Crippen molar-refractivity contribution in [2.24, 2.45) is 5.92 Å². The number of halogens is 1. The van der Waals surface area contributed by atoms with E-state index in [1.165, 1.54) is 18.4 Å². The maximum Gasteiger partial charge on any atom is 0.236 e. The minimum absolute atomic E-state index is 0. The molecule has 1 aliphatic carbocycles. The number of rotatable bonds is 7. The number of likely N-dealkylation sites (N-methyl/N-ethyl adjacent to an activating group) is 1. The lowest BCUT2D eigenvalue weighted by Gasteiger charge is -2.25. The summed E-state index contributed by atoms with van der Waals surface area (Å²) in [6.07, 6.45) is 3.74. The summed E-state index contributed by atoms with van der Waals surface area (Å²) in [5.74, 6) is 1.05. The van der Waals surface area contributed by atoms with Gasteiger partial charge in [-0.25, -0.2) is 0 Å². The van der Waals surface area contributed by atoms with Gasteiger partial charge in [0, 0.05) is 32.7 Å². The molecular formula is C18H28ClN3O. The molecule has 4 nitrogen and oxygen atoms in total. The molecule has 0 radical (unpaired) electrons. The van der Waals surface area contributed by atoms with Gasteiger partial charge in [0.25, 0.3) is 0 Å². The molecule has 1 amide bonds. The van der Waals surface area contributed by atoms with Crippen LogP contribution in [0.1, 0.15) is 24.8 Å². The molecule has 0 aromatic heterocycles. The summed E-state index contributed by atoms with van der Waals surface area (Å²) < 4.78 is 0. The minimum Gasteiger partial charge on any atom is -0.340 e. The van der Waals surface area contributed by atoms with Crippen LogP contribution in [0.2, 0.25) is 0 Å². The fourth-order valence-corrected chi connectivity index (χ4v) is 3.15. The minimum atomic E-state index is 0. The zero-order chi connectivity index (χ0) is 15.4. The number of likely N-dealkylation sites (tertiary alicyclic amines) is 1. The Labute approximate surface area is 145 Å². The number of nitrogens with zero attached hydrogens (tertiary/aromatic N) is 2. The molecule has 23 heavy (non-hydrogen) atoms. The first-order valence-corrected chi connectivity index (χ1v) is 8.45. The molecule has 1 N–H and O–H groups in total. The summed E-state index contributed by atoms with van der Waals surface area (Å²) in [6, 6.07) is 10.9. The van der Waals surface area contributed by atoms with Crippen LogP contribution in [0.25, 0.3) is 0 Å². The van der Waals surface area contributed by atoms with Crippen LogP contribution in [0.4, 0.5) is 0 Å². The summed E-state index contributed by atoms with van der Waals surface area (Å²) >= 11 is 0. The van der Waals surface area contributed by atoms with E-state index in [0.29, 0.717) is 12.6 Å². The number of carbonyl (C=O) groups excluding carboxylic acids is 1. The van der Waals surface area contributed by atoms with Crippen LogP contribution in [-0.4, -0.2) is 55.0 Å². The molecule has 1 unspecified atom stereocenters. The quantitative estimate of drug-likeness (QED) is 0.828. The van der Waals surface area contributed by atoms with Crippen LogP contribution in [-0.2, 0) is 11.3 Å². The van der Waals surface area contributed by atoms with E-state index in [4.69, 9.17) is 0 Å². The number of amides is 1. The Hall–Kier alpha value is -1.10. The van der Waals surface area contributed by atoms with Crippen LogP contribution in [0.3, 0.4) is 0 Å². The third-order valence-corrected chi connectivity index (χ3v) is 4.84. The molecule has 1 saturated carbocycles. The van der Waals surface area contributed by atoms with Crippen molar-refractivity contribution in [2.75, 3.05) is 33.2 Å². The highest BCUT2D eigenvalue weighted by Crippen LogP contribution is 2.27. The molecule has 3 rings (SSSR count). The average Bonchev–Trinajstić information content (AvgIpc) is 3.24. The second-order valence-electron chi connectivity index (χ2n) is 6.74. The molecule has 1 aliphatic heterocycles. The second-order valence-corrected chi connectivity index (χ2v) is 6.74. The number of benzene rings is 1. The fraction of sp³-hybridized carbons (Fsp3) is 0.611. The van der Waals surface area contributed by atoms with E-state index in [9.17, 15) is 4.79 Å². The van der Waals surface area contributed by atoms with E-state index >= 15 is 0 Å². The van der Waals surface area contributed by atoms with Crippen molar-refractivity contribution in [2.45, 2.75) is 31.8 Å². The third-order valence-electron chi connectivity index (χ3n) is 4.84. The van der Waals surface area contributed by atoms with Gasteiger partial charge in [-0.3, -0.25) is 9.69 Å². The normalized spacial score (nSPS) is 21.0. The Morgan fingerprint density at radius 3 is 2.70 bits per heavy atom. The summed E-state index contributed by atoms with van der Waals surface area (Å²) in [5, 5.41) is 3.30. The van der Waals surface area contributed by atoms with Gasteiger partial charge < -0.3 is 10.2 Å². The van der Waals surface area contributed by atoms with Crippen molar-refractivity contribution in [3.8, 4) is 0 Å². The molecule has 2 aliphatic rings. The highest BCUT2D eigenvalue weighted by atomic mass is 35.5. The maximum absolute atomic E-state index is 12.2. The highest BCUT2D eigenvalue weighted by molar-refractivity contribution is 5.85. The van der Waals surface area contributed by atoms with Crippen molar-refractivity contribution in [3.63, 3.8) is 0 Å². The number of hydrogen-bond donors (Lipinski definition) is 1. The lowest BCUT2D eigenvalue weighted by atomic mass is 10.2. The number of hydrogen-bond acceptors (Lipinski definition) is 3. The monoisotopic (exact) mass is 337 g/mol. The zero-order valence-electron chi connectivity index (χ0n) is 13.9. The van der Waals surface area contributed by atoms with Gasteiger partial charge in [-0.15, -0.1) is 12.4 Å². The largest absolute Gasteiger partial charge is 0.340 e. The maximum atomic E-state index is 12.2. The second kappa shape index (κ2) is 8.67. The Morgan fingerprint density at radius 1 is 1.26 bits per heavy atom. The van der Waals surface area contributed by atoms with Gasteiger partial charge in [-0.05, 0) is 37.3 Å². The Balaban J connectivity index is 0.00000192.